The molecule has 11 heteroatoms. The zero-order valence-electron chi connectivity index (χ0n) is 13.7. The van der Waals surface area contributed by atoms with Gasteiger partial charge >= 0.3 is 0 Å². The summed E-state index contributed by atoms with van der Waals surface area (Å²) in [7, 11) is -3.55. The van der Waals surface area contributed by atoms with Gasteiger partial charge < -0.3 is 4.74 Å². The number of ether oxygens (including phenoxy) is 1. The van der Waals surface area contributed by atoms with Crippen LogP contribution in [0, 0.1) is 6.92 Å². The van der Waals surface area contributed by atoms with Gasteiger partial charge in [0.1, 0.15) is 5.75 Å². The number of nitrogens with zero attached hydrogens (tertiary/aromatic N) is 3. The van der Waals surface area contributed by atoms with Gasteiger partial charge in [0, 0.05) is 0 Å². The van der Waals surface area contributed by atoms with Crippen LogP contribution in [-0.4, -0.2) is 49.7 Å². The number of rotatable bonds is 4. The van der Waals surface area contributed by atoms with Crippen molar-refractivity contribution in [2.45, 2.75) is 17.4 Å². The third-order valence-electron chi connectivity index (χ3n) is 3.49. The first kappa shape index (κ1) is 18.0. The molecule has 1 aliphatic heterocycles. The van der Waals surface area contributed by atoms with Gasteiger partial charge in [0.05, 0.1) is 18.5 Å². The topological polar surface area (TPSA) is 101 Å². The Morgan fingerprint density at radius 1 is 1.44 bits per heavy atom. The average Bonchev–Trinajstić information content (AvgIpc) is 3.00. The standard InChI is InChI=1S/C14H16N4O4S3/c1-8-4-5-9-10(6-8)22-11(7-18(9)25(3,20)21)12(19)15-13-16-17-14(23-2)24-13/h4-6,11H,7H2,1-3H3,(H,15,16,19)/t11-/m0/s1. The summed E-state index contributed by atoms with van der Waals surface area (Å²) in [5, 5.41) is 10.8. The Labute approximate surface area is 153 Å². The number of aryl methyl sites for hydroxylation is 1. The van der Waals surface area contributed by atoms with Gasteiger partial charge in [-0.15, -0.1) is 10.2 Å². The number of aromatic nitrogens is 2. The van der Waals surface area contributed by atoms with Crippen LogP contribution < -0.4 is 14.4 Å². The number of fused-ring (bicyclic) bond motifs is 1. The van der Waals surface area contributed by atoms with Crippen LogP contribution in [0.5, 0.6) is 5.75 Å². The van der Waals surface area contributed by atoms with E-state index in [2.05, 4.69) is 15.5 Å². The molecule has 1 atom stereocenters. The minimum absolute atomic E-state index is 0.102. The molecule has 1 aliphatic rings. The van der Waals surface area contributed by atoms with Crippen LogP contribution in [0.15, 0.2) is 22.5 Å². The highest BCUT2D eigenvalue weighted by Crippen LogP contribution is 2.36. The van der Waals surface area contributed by atoms with Crippen LogP contribution in [-0.2, 0) is 14.8 Å². The van der Waals surface area contributed by atoms with E-state index in [0.717, 1.165) is 16.2 Å². The molecule has 1 N–H and O–H groups in total. The van der Waals surface area contributed by atoms with E-state index < -0.39 is 22.0 Å². The maximum absolute atomic E-state index is 12.5. The van der Waals surface area contributed by atoms with Crippen molar-refractivity contribution in [1.82, 2.24) is 10.2 Å². The van der Waals surface area contributed by atoms with Crippen molar-refractivity contribution in [1.29, 1.82) is 0 Å². The van der Waals surface area contributed by atoms with Crippen LogP contribution >= 0.6 is 23.1 Å². The average molecular weight is 401 g/mol. The van der Waals surface area contributed by atoms with Gasteiger partial charge in [0.2, 0.25) is 15.2 Å². The molecule has 0 aliphatic carbocycles. The molecule has 0 bridgehead atoms. The summed E-state index contributed by atoms with van der Waals surface area (Å²) < 4.78 is 31.9. The third kappa shape index (κ3) is 3.88. The van der Waals surface area contributed by atoms with E-state index in [0.29, 0.717) is 16.6 Å². The molecule has 3 rings (SSSR count). The predicted molar refractivity (Wildman–Crippen MR) is 98.1 cm³/mol. The first-order valence-corrected chi connectivity index (χ1v) is 11.1. The Morgan fingerprint density at radius 2 is 2.20 bits per heavy atom. The van der Waals surface area contributed by atoms with Crippen molar-refractivity contribution >= 4 is 49.8 Å². The van der Waals surface area contributed by atoms with E-state index in [9.17, 15) is 13.2 Å². The maximum atomic E-state index is 12.5. The predicted octanol–water partition coefficient (Wildman–Crippen LogP) is 1.73. The first-order valence-electron chi connectivity index (χ1n) is 7.21. The SMILES string of the molecule is CSc1nnc(NC(=O)[C@@H]2CN(S(C)(=O)=O)c3ccc(C)cc3O2)s1. The normalized spacial score (nSPS) is 16.9. The molecule has 1 aromatic carbocycles. The number of benzene rings is 1. The Kier molecular flexibility index (Phi) is 4.89. The number of anilines is 2. The molecule has 0 spiro atoms. The third-order valence-corrected chi connectivity index (χ3v) is 6.45. The summed E-state index contributed by atoms with van der Waals surface area (Å²) in [6.45, 7) is 1.76. The molecule has 0 unspecified atom stereocenters. The second-order valence-electron chi connectivity index (χ2n) is 5.44. The van der Waals surface area contributed by atoms with Crippen molar-refractivity contribution < 1.29 is 17.9 Å². The monoisotopic (exact) mass is 400 g/mol. The lowest BCUT2D eigenvalue weighted by atomic mass is 10.1. The van der Waals surface area contributed by atoms with Gasteiger partial charge in [-0.05, 0) is 30.9 Å². The van der Waals surface area contributed by atoms with Gasteiger partial charge in [0.25, 0.3) is 5.91 Å². The van der Waals surface area contributed by atoms with Crippen LogP contribution in [0.1, 0.15) is 5.56 Å². The van der Waals surface area contributed by atoms with E-state index in [1.807, 2.05) is 13.2 Å². The fourth-order valence-electron chi connectivity index (χ4n) is 2.34. The minimum Gasteiger partial charge on any atom is -0.476 e. The Morgan fingerprint density at radius 3 is 2.84 bits per heavy atom. The lowest BCUT2D eigenvalue weighted by Gasteiger charge is -2.33. The van der Waals surface area contributed by atoms with Crippen molar-refractivity contribution in [3.63, 3.8) is 0 Å². The van der Waals surface area contributed by atoms with Crippen LogP contribution in [0.25, 0.3) is 0 Å². The number of carbonyl (C=O) groups excluding carboxylic acids is 1. The number of sulfonamides is 1. The zero-order chi connectivity index (χ0) is 18.2. The summed E-state index contributed by atoms with van der Waals surface area (Å²) in [5.74, 6) is -0.108. The smallest absolute Gasteiger partial charge is 0.269 e. The molecule has 0 saturated heterocycles. The lowest BCUT2D eigenvalue weighted by Crippen LogP contribution is -2.48. The molecular formula is C14H16N4O4S3. The van der Waals surface area contributed by atoms with Gasteiger partial charge in [-0.3, -0.25) is 14.4 Å². The minimum atomic E-state index is -3.55. The van der Waals surface area contributed by atoms with Crippen molar-refractivity contribution in [3.8, 4) is 5.75 Å². The Balaban J connectivity index is 1.86. The number of amides is 1. The summed E-state index contributed by atoms with van der Waals surface area (Å²) in [5.41, 5.74) is 1.33. The molecule has 0 radical (unpaired) electrons. The fraction of sp³-hybridized carbons (Fsp3) is 0.357. The number of hydrogen-bond acceptors (Lipinski definition) is 8. The van der Waals surface area contributed by atoms with E-state index in [1.54, 1.807) is 18.2 Å². The van der Waals surface area contributed by atoms with E-state index in [4.69, 9.17) is 4.74 Å². The molecule has 25 heavy (non-hydrogen) atoms. The second kappa shape index (κ2) is 6.81. The molecule has 0 fully saturated rings. The van der Waals surface area contributed by atoms with Gasteiger partial charge in [-0.2, -0.15) is 0 Å². The summed E-state index contributed by atoms with van der Waals surface area (Å²) in [4.78, 5) is 12.5. The fourth-order valence-corrected chi connectivity index (χ4v) is 4.43. The first-order chi connectivity index (χ1) is 11.8. The molecular weight excluding hydrogens is 384 g/mol. The number of thioether (sulfide) groups is 1. The highest BCUT2D eigenvalue weighted by Gasteiger charge is 2.35. The van der Waals surface area contributed by atoms with Crippen molar-refractivity contribution in [2.24, 2.45) is 0 Å². The molecule has 8 nitrogen and oxygen atoms in total. The summed E-state index contributed by atoms with van der Waals surface area (Å²) in [6.07, 6.45) is 1.98. The van der Waals surface area contributed by atoms with Gasteiger partial charge in [-0.25, -0.2) is 8.42 Å². The lowest BCUT2D eigenvalue weighted by molar-refractivity contribution is -0.122. The van der Waals surface area contributed by atoms with E-state index in [1.165, 1.54) is 27.4 Å². The highest BCUT2D eigenvalue weighted by atomic mass is 32.2. The van der Waals surface area contributed by atoms with E-state index >= 15 is 0 Å². The molecule has 1 amide bonds. The quantitative estimate of drug-likeness (QED) is 0.616. The molecule has 2 aromatic rings. The molecule has 134 valence electrons. The zero-order valence-corrected chi connectivity index (χ0v) is 16.2. The Bertz CT molecular complexity index is 913. The largest absolute Gasteiger partial charge is 0.476 e. The Hall–Kier alpha value is -1.85. The molecule has 1 aromatic heterocycles. The maximum Gasteiger partial charge on any atom is 0.269 e. The number of nitrogens with one attached hydrogen (secondary N) is 1. The van der Waals surface area contributed by atoms with Crippen LogP contribution in [0.2, 0.25) is 0 Å². The second-order valence-corrected chi connectivity index (χ2v) is 9.38. The van der Waals surface area contributed by atoms with Crippen molar-refractivity contribution in [2.75, 3.05) is 28.7 Å². The number of carbonyl (C=O) groups is 1. The molecule has 0 saturated carbocycles. The van der Waals surface area contributed by atoms with E-state index in [-0.39, 0.29) is 6.54 Å². The van der Waals surface area contributed by atoms with Crippen molar-refractivity contribution in [3.05, 3.63) is 23.8 Å². The number of hydrogen-bond donors (Lipinski definition) is 1. The highest BCUT2D eigenvalue weighted by molar-refractivity contribution is 8.00. The summed E-state index contributed by atoms with van der Waals surface area (Å²) >= 11 is 2.66. The van der Waals surface area contributed by atoms with Gasteiger partial charge in [-0.1, -0.05) is 29.2 Å². The van der Waals surface area contributed by atoms with Crippen LogP contribution in [0.4, 0.5) is 10.8 Å². The summed E-state index contributed by atoms with van der Waals surface area (Å²) in [6, 6.07) is 5.19. The van der Waals surface area contributed by atoms with Crippen LogP contribution in [0.3, 0.4) is 0 Å². The molecule has 2 heterocycles. The van der Waals surface area contributed by atoms with Gasteiger partial charge in [0.15, 0.2) is 10.4 Å².